The molecule has 1 aromatic rings. The van der Waals surface area contributed by atoms with E-state index >= 15 is 0 Å². The summed E-state index contributed by atoms with van der Waals surface area (Å²) in [4.78, 5) is 12.7. The van der Waals surface area contributed by atoms with Crippen LogP contribution in [0.5, 0.6) is 0 Å². The van der Waals surface area contributed by atoms with Crippen LogP contribution in [0.25, 0.3) is 0 Å². The summed E-state index contributed by atoms with van der Waals surface area (Å²) in [5, 5.41) is 3.49. The lowest BCUT2D eigenvalue weighted by atomic mass is 10.2. The first-order chi connectivity index (χ1) is 8.36. The lowest BCUT2D eigenvalue weighted by molar-refractivity contribution is 0.0311. The topological polar surface area (TPSA) is 47.2 Å². The number of hydrogen-bond donors (Lipinski definition) is 2. The van der Waals surface area contributed by atoms with E-state index in [2.05, 4.69) is 32.1 Å². The van der Waals surface area contributed by atoms with Crippen molar-refractivity contribution in [2.75, 3.05) is 33.2 Å². The van der Waals surface area contributed by atoms with Crippen LogP contribution in [-0.2, 0) is 0 Å². The maximum Gasteiger partial charge on any atom is 0.123 e. The molecule has 0 aliphatic carbocycles. The Hall–Kier alpha value is -0.910. The standard InChI is InChI=1S/C12H21N5/c1-16-8-6-13-9-11(16)17-7-2-3-10(17)12-14-4-5-15-12/h4-5,10-11,13H,2-3,6-9H2,1H3,(H,14,15). The van der Waals surface area contributed by atoms with Crippen molar-refractivity contribution >= 4 is 0 Å². The van der Waals surface area contributed by atoms with Crippen molar-refractivity contribution in [3.05, 3.63) is 18.2 Å². The average Bonchev–Trinajstić information content (AvgIpc) is 3.00. The van der Waals surface area contributed by atoms with Gasteiger partial charge < -0.3 is 10.3 Å². The number of imidazole rings is 1. The van der Waals surface area contributed by atoms with Crippen LogP contribution in [0.15, 0.2) is 12.4 Å². The van der Waals surface area contributed by atoms with Crippen LogP contribution in [0.2, 0.25) is 0 Å². The number of likely N-dealkylation sites (tertiary alicyclic amines) is 1. The third-order valence-electron chi connectivity index (χ3n) is 3.99. The SMILES string of the molecule is CN1CCNCC1N1CCCC1c1ncc[nH]1. The first kappa shape index (κ1) is 11.2. The minimum Gasteiger partial charge on any atom is -0.347 e. The highest BCUT2D eigenvalue weighted by molar-refractivity contribution is 5.01. The molecule has 2 saturated heterocycles. The van der Waals surface area contributed by atoms with Crippen LogP contribution in [0.4, 0.5) is 0 Å². The Kier molecular flexibility index (Phi) is 3.13. The third-order valence-corrected chi connectivity index (χ3v) is 3.99. The summed E-state index contributed by atoms with van der Waals surface area (Å²) in [6.45, 7) is 4.48. The minimum atomic E-state index is 0.470. The van der Waals surface area contributed by atoms with Crippen molar-refractivity contribution in [1.82, 2.24) is 25.1 Å². The first-order valence-corrected chi connectivity index (χ1v) is 6.52. The fraction of sp³-hybridized carbons (Fsp3) is 0.750. The molecule has 17 heavy (non-hydrogen) atoms. The molecule has 0 bridgehead atoms. The first-order valence-electron chi connectivity index (χ1n) is 6.52. The maximum absolute atomic E-state index is 4.43. The fourth-order valence-corrected chi connectivity index (χ4v) is 3.06. The Bertz CT molecular complexity index is 350. The predicted octanol–water partition coefficient (Wildman–Crippen LogP) is 0.408. The molecule has 94 valence electrons. The average molecular weight is 235 g/mol. The van der Waals surface area contributed by atoms with Crippen LogP contribution in [0.3, 0.4) is 0 Å². The van der Waals surface area contributed by atoms with Gasteiger partial charge in [0, 0.05) is 38.6 Å². The van der Waals surface area contributed by atoms with Gasteiger partial charge in [-0.25, -0.2) is 4.98 Å². The maximum atomic E-state index is 4.43. The molecule has 0 radical (unpaired) electrons. The molecule has 0 saturated carbocycles. The number of nitrogens with one attached hydrogen (secondary N) is 2. The van der Waals surface area contributed by atoms with Gasteiger partial charge in [0.1, 0.15) is 5.82 Å². The number of hydrogen-bond acceptors (Lipinski definition) is 4. The molecule has 2 aliphatic heterocycles. The van der Waals surface area contributed by atoms with Gasteiger partial charge in [-0.1, -0.05) is 0 Å². The second-order valence-electron chi connectivity index (χ2n) is 5.04. The Morgan fingerprint density at radius 3 is 3.12 bits per heavy atom. The summed E-state index contributed by atoms with van der Waals surface area (Å²) in [7, 11) is 2.23. The van der Waals surface area contributed by atoms with Crippen molar-refractivity contribution in [1.29, 1.82) is 0 Å². The van der Waals surface area contributed by atoms with Gasteiger partial charge >= 0.3 is 0 Å². The van der Waals surface area contributed by atoms with E-state index in [1.165, 1.54) is 19.4 Å². The van der Waals surface area contributed by atoms with Gasteiger partial charge in [-0.2, -0.15) is 0 Å². The fourth-order valence-electron chi connectivity index (χ4n) is 3.06. The van der Waals surface area contributed by atoms with Crippen LogP contribution in [-0.4, -0.2) is 59.2 Å². The summed E-state index contributed by atoms with van der Waals surface area (Å²) < 4.78 is 0. The van der Waals surface area contributed by atoms with Crippen LogP contribution in [0, 0.1) is 0 Å². The quantitative estimate of drug-likeness (QED) is 0.779. The van der Waals surface area contributed by atoms with E-state index in [1.807, 2.05) is 12.4 Å². The molecule has 1 aromatic heterocycles. The highest BCUT2D eigenvalue weighted by Crippen LogP contribution is 2.32. The molecule has 2 fully saturated rings. The zero-order valence-corrected chi connectivity index (χ0v) is 10.4. The monoisotopic (exact) mass is 235 g/mol. The number of nitrogens with zero attached hydrogens (tertiary/aromatic N) is 3. The number of rotatable bonds is 2. The van der Waals surface area contributed by atoms with Gasteiger partial charge in [0.25, 0.3) is 0 Å². The molecular weight excluding hydrogens is 214 g/mol. The normalized spacial score (nSPS) is 32.1. The predicted molar refractivity (Wildman–Crippen MR) is 66.6 cm³/mol. The summed E-state index contributed by atoms with van der Waals surface area (Å²) >= 11 is 0. The molecule has 2 unspecified atom stereocenters. The molecule has 5 nitrogen and oxygen atoms in total. The van der Waals surface area contributed by atoms with Gasteiger partial charge in [0.2, 0.25) is 0 Å². The van der Waals surface area contributed by atoms with Crippen molar-refractivity contribution in [2.45, 2.75) is 25.0 Å². The molecular formula is C12H21N5. The largest absolute Gasteiger partial charge is 0.347 e. The van der Waals surface area contributed by atoms with Gasteiger partial charge in [-0.3, -0.25) is 9.80 Å². The number of likely N-dealkylation sites (N-methyl/N-ethyl adjacent to an activating group) is 1. The smallest absolute Gasteiger partial charge is 0.123 e. The lowest BCUT2D eigenvalue weighted by Crippen LogP contribution is -2.57. The van der Waals surface area contributed by atoms with E-state index in [9.17, 15) is 0 Å². The summed E-state index contributed by atoms with van der Waals surface area (Å²) in [5.74, 6) is 1.13. The second kappa shape index (κ2) is 4.76. The van der Waals surface area contributed by atoms with E-state index in [0.29, 0.717) is 12.2 Å². The van der Waals surface area contributed by atoms with Crippen LogP contribution >= 0.6 is 0 Å². The molecule has 0 amide bonds. The van der Waals surface area contributed by atoms with E-state index in [-0.39, 0.29) is 0 Å². The van der Waals surface area contributed by atoms with Crippen molar-refractivity contribution in [3.8, 4) is 0 Å². The molecule has 2 aliphatic rings. The second-order valence-corrected chi connectivity index (χ2v) is 5.04. The molecule has 2 atom stereocenters. The van der Waals surface area contributed by atoms with Crippen molar-refractivity contribution < 1.29 is 0 Å². The zero-order chi connectivity index (χ0) is 11.7. The highest BCUT2D eigenvalue weighted by atomic mass is 15.4. The molecule has 3 heterocycles. The van der Waals surface area contributed by atoms with Crippen LogP contribution in [0.1, 0.15) is 24.7 Å². The van der Waals surface area contributed by atoms with E-state index in [4.69, 9.17) is 0 Å². The van der Waals surface area contributed by atoms with E-state index in [1.54, 1.807) is 0 Å². The number of piperazine rings is 1. The third kappa shape index (κ3) is 2.10. The summed E-state index contributed by atoms with van der Waals surface area (Å²) in [6, 6.07) is 0.470. The molecule has 3 rings (SSSR count). The minimum absolute atomic E-state index is 0.470. The highest BCUT2D eigenvalue weighted by Gasteiger charge is 2.35. The van der Waals surface area contributed by atoms with E-state index < -0.39 is 0 Å². The Labute approximate surface area is 102 Å². The van der Waals surface area contributed by atoms with Gasteiger partial charge in [-0.05, 0) is 19.9 Å². The molecule has 2 N–H and O–H groups in total. The molecule has 5 heteroatoms. The molecule has 0 aromatic carbocycles. The van der Waals surface area contributed by atoms with E-state index in [0.717, 1.165) is 25.5 Å². The number of H-pyrrole nitrogens is 1. The Morgan fingerprint density at radius 1 is 1.41 bits per heavy atom. The molecule has 0 spiro atoms. The van der Waals surface area contributed by atoms with Crippen LogP contribution < -0.4 is 5.32 Å². The van der Waals surface area contributed by atoms with Crippen molar-refractivity contribution in [2.24, 2.45) is 0 Å². The number of aromatic amines is 1. The zero-order valence-electron chi connectivity index (χ0n) is 10.4. The van der Waals surface area contributed by atoms with Gasteiger partial charge in [0.05, 0.1) is 12.2 Å². The van der Waals surface area contributed by atoms with Gasteiger partial charge in [-0.15, -0.1) is 0 Å². The lowest BCUT2D eigenvalue weighted by Gasteiger charge is -2.41. The van der Waals surface area contributed by atoms with Gasteiger partial charge in [0.15, 0.2) is 0 Å². The Balaban J connectivity index is 1.77. The Morgan fingerprint density at radius 2 is 2.35 bits per heavy atom. The summed E-state index contributed by atoms with van der Waals surface area (Å²) in [5.41, 5.74) is 0. The summed E-state index contributed by atoms with van der Waals surface area (Å²) in [6.07, 6.45) is 6.79. The van der Waals surface area contributed by atoms with Crippen molar-refractivity contribution in [3.63, 3.8) is 0 Å². The number of aromatic nitrogens is 2.